The summed E-state index contributed by atoms with van der Waals surface area (Å²) in [7, 11) is 3.14. The van der Waals surface area contributed by atoms with Crippen LogP contribution in [0.3, 0.4) is 0 Å². The number of benzene rings is 2. The molecule has 1 saturated heterocycles. The molecule has 0 unspecified atom stereocenters. The van der Waals surface area contributed by atoms with Crippen LogP contribution in [0.4, 0.5) is 5.69 Å². The van der Waals surface area contributed by atoms with Gasteiger partial charge in [0.25, 0.3) is 0 Å². The molecule has 0 radical (unpaired) electrons. The van der Waals surface area contributed by atoms with Crippen molar-refractivity contribution in [1.82, 2.24) is 15.2 Å². The van der Waals surface area contributed by atoms with Crippen molar-refractivity contribution in [2.24, 2.45) is 5.92 Å². The maximum absolute atomic E-state index is 12.6. The first-order valence-corrected chi connectivity index (χ1v) is 11.6. The summed E-state index contributed by atoms with van der Waals surface area (Å²) in [6.07, 6.45) is 4.31. The Morgan fingerprint density at radius 2 is 1.88 bits per heavy atom. The highest BCUT2D eigenvalue weighted by molar-refractivity contribution is 5.94. The molecule has 34 heavy (non-hydrogen) atoms. The number of nitrogens with zero attached hydrogens (tertiary/aromatic N) is 1. The molecule has 1 aromatic heterocycles. The van der Waals surface area contributed by atoms with E-state index in [1.54, 1.807) is 32.4 Å². The van der Waals surface area contributed by atoms with Gasteiger partial charge in [0, 0.05) is 35.6 Å². The summed E-state index contributed by atoms with van der Waals surface area (Å²) in [4.78, 5) is 30.5. The molecule has 2 amide bonds. The molecule has 1 aliphatic heterocycles. The van der Waals surface area contributed by atoms with E-state index >= 15 is 0 Å². The molecule has 8 heteroatoms. The number of carbonyl (C=O) groups is 2. The summed E-state index contributed by atoms with van der Waals surface area (Å²) in [5, 5.41) is 7.20. The Bertz CT molecular complexity index is 1130. The van der Waals surface area contributed by atoms with Gasteiger partial charge in [0.15, 0.2) is 0 Å². The smallest absolute Gasteiger partial charge is 0.238 e. The first-order chi connectivity index (χ1) is 16.6. The summed E-state index contributed by atoms with van der Waals surface area (Å²) < 4.78 is 10.5. The zero-order chi connectivity index (χ0) is 23.9. The number of rotatable bonds is 9. The van der Waals surface area contributed by atoms with E-state index in [4.69, 9.17) is 9.47 Å². The average molecular weight is 465 g/mol. The van der Waals surface area contributed by atoms with Gasteiger partial charge in [0.1, 0.15) is 11.5 Å². The van der Waals surface area contributed by atoms with E-state index in [0.717, 1.165) is 24.8 Å². The van der Waals surface area contributed by atoms with Gasteiger partial charge in [0.2, 0.25) is 11.8 Å². The lowest BCUT2D eigenvalue weighted by atomic mass is 9.96. The molecule has 0 bridgehead atoms. The van der Waals surface area contributed by atoms with Gasteiger partial charge in [-0.15, -0.1) is 0 Å². The van der Waals surface area contributed by atoms with E-state index in [1.165, 1.54) is 10.9 Å². The number of hydrogen-bond acceptors (Lipinski definition) is 5. The minimum absolute atomic E-state index is 0.0102. The Balaban J connectivity index is 1.19. The van der Waals surface area contributed by atoms with Crippen molar-refractivity contribution in [1.29, 1.82) is 0 Å². The summed E-state index contributed by atoms with van der Waals surface area (Å²) in [6, 6.07) is 13.5. The van der Waals surface area contributed by atoms with Crippen LogP contribution in [-0.2, 0) is 16.0 Å². The van der Waals surface area contributed by atoms with Crippen LogP contribution in [0.15, 0.2) is 48.7 Å². The Labute approximate surface area is 199 Å². The van der Waals surface area contributed by atoms with Crippen molar-refractivity contribution < 1.29 is 19.1 Å². The normalized spacial score (nSPS) is 14.6. The average Bonchev–Trinajstić information content (AvgIpc) is 3.27. The van der Waals surface area contributed by atoms with Crippen LogP contribution in [0.25, 0.3) is 10.9 Å². The Morgan fingerprint density at radius 1 is 1.09 bits per heavy atom. The van der Waals surface area contributed by atoms with Gasteiger partial charge in [-0.05, 0) is 56.1 Å². The number of anilines is 1. The minimum atomic E-state index is -0.106. The van der Waals surface area contributed by atoms with Crippen molar-refractivity contribution in [2.45, 2.75) is 19.3 Å². The molecule has 2 heterocycles. The zero-order valence-corrected chi connectivity index (χ0v) is 19.7. The van der Waals surface area contributed by atoms with Crippen LogP contribution >= 0.6 is 0 Å². The molecule has 2 aromatic carbocycles. The van der Waals surface area contributed by atoms with E-state index in [-0.39, 0.29) is 24.3 Å². The van der Waals surface area contributed by atoms with Crippen LogP contribution in [0, 0.1) is 5.92 Å². The summed E-state index contributed by atoms with van der Waals surface area (Å²) in [5.41, 5.74) is 2.94. The summed E-state index contributed by atoms with van der Waals surface area (Å²) >= 11 is 0. The fourth-order valence-electron chi connectivity index (χ4n) is 4.45. The van der Waals surface area contributed by atoms with Gasteiger partial charge in [-0.25, -0.2) is 0 Å². The summed E-state index contributed by atoms with van der Waals surface area (Å²) in [6.45, 7) is 2.33. The lowest BCUT2D eigenvalue weighted by Crippen LogP contribution is -2.43. The van der Waals surface area contributed by atoms with Gasteiger partial charge < -0.3 is 25.1 Å². The highest BCUT2D eigenvalue weighted by Crippen LogP contribution is 2.29. The summed E-state index contributed by atoms with van der Waals surface area (Å²) in [5.74, 6) is 1.20. The van der Waals surface area contributed by atoms with Crippen LogP contribution in [0.1, 0.15) is 18.4 Å². The maximum Gasteiger partial charge on any atom is 0.238 e. The molecule has 1 fully saturated rings. The van der Waals surface area contributed by atoms with E-state index in [9.17, 15) is 9.59 Å². The maximum atomic E-state index is 12.6. The SMILES string of the molecule is COc1ccc(NC(=O)CN2CCC(C(=O)NCCc3c[nH]c4ccccc34)CC2)c(OC)c1. The van der Waals surface area contributed by atoms with Crippen molar-refractivity contribution in [3.05, 3.63) is 54.2 Å². The van der Waals surface area contributed by atoms with Crippen molar-refractivity contribution in [2.75, 3.05) is 45.7 Å². The van der Waals surface area contributed by atoms with Gasteiger partial charge >= 0.3 is 0 Å². The number of methoxy groups -OCH3 is 2. The monoisotopic (exact) mass is 464 g/mol. The van der Waals surface area contributed by atoms with Gasteiger partial charge in [0.05, 0.1) is 26.5 Å². The number of H-pyrrole nitrogens is 1. The fourth-order valence-corrected chi connectivity index (χ4v) is 4.45. The van der Waals surface area contributed by atoms with Crippen LogP contribution < -0.4 is 20.1 Å². The third-order valence-electron chi connectivity index (χ3n) is 6.38. The highest BCUT2D eigenvalue weighted by atomic mass is 16.5. The molecule has 0 atom stereocenters. The highest BCUT2D eigenvalue weighted by Gasteiger charge is 2.26. The first-order valence-electron chi connectivity index (χ1n) is 11.6. The largest absolute Gasteiger partial charge is 0.497 e. The molecular formula is C26H32N4O4. The number of ether oxygens (including phenoxy) is 2. The Hall–Kier alpha value is -3.52. The molecule has 0 aliphatic carbocycles. The molecule has 4 rings (SSSR count). The number of piperidine rings is 1. The first kappa shape index (κ1) is 23.6. The molecule has 180 valence electrons. The molecule has 0 spiro atoms. The second-order valence-electron chi connectivity index (χ2n) is 8.57. The lowest BCUT2D eigenvalue weighted by molar-refractivity contribution is -0.126. The molecular weight excluding hydrogens is 432 g/mol. The van der Waals surface area contributed by atoms with E-state index in [0.29, 0.717) is 36.8 Å². The standard InChI is InChI=1S/C26H32N4O4/c1-33-20-7-8-23(24(15-20)34-2)29-25(31)17-30-13-10-18(11-14-30)26(32)27-12-9-19-16-28-22-6-4-3-5-21(19)22/h3-8,15-16,18,28H,9-14,17H2,1-2H3,(H,27,32)(H,29,31). The second-order valence-corrected chi connectivity index (χ2v) is 8.57. The predicted molar refractivity (Wildman–Crippen MR) is 132 cm³/mol. The molecule has 3 aromatic rings. The number of likely N-dealkylation sites (tertiary alicyclic amines) is 1. The number of aromatic amines is 1. The van der Waals surface area contributed by atoms with Crippen LogP contribution in [-0.4, -0.2) is 62.1 Å². The fraction of sp³-hybridized carbons (Fsp3) is 0.385. The van der Waals surface area contributed by atoms with Crippen LogP contribution in [0.2, 0.25) is 0 Å². The predicted octanol–water partition coefficient (Wildman–Crippen LogP) is 3.19. The zero-order valence-electron chi connectivity index (χ0n) is 19.7. The molecule has 0 saturated carbocycles. The number of carbonyl (C=O) groups excluding carboxylic acids is 2. The number of hydrogen-bond donors (Lipinski definition) is 3. The number of para-hydroxylation sites is 1. The quantitative estimate of drug-likeness (QED) is 0.452. The third kappa shape index (κ3) is 5.69. The minimum Gasteiger partial charge on any atom is -0.497 e. The van der Waals surface area contributed by atoms with E-state index in [1.807, 2.05) is 18.3 Å². The second kappa shape index (κ2) is 11.1. The van der Waals surface area contributed by atoms with Gasteiger partial charge in [-0.2, -0.15) is 0 Å². The van der Waals surface area contributed by atoms with E-state index in [2.05, 4.69) is 32.7 Å². The topological polar surface area (TPSA) is 95.7 Å². The van der Waals surface area contributed by atoms with Gasteiger partial charge in [-0.3, -0.25) is 14.5 Å². The van der Waals surface area contributed by atoms with E-state index < -0.39 is 0 Å². The van der Waals surface area contributed by atoms with Crippen LogP contribution in [0.5, 0.6) is 11.5 Å². The molecule has 3 N–H and O–H groups in total. The van der Waals surface area contributed by atoms with Crippen molar-refractivity contribution in [3.8, 4) is 11.5 Å². The number of aromatic nitrogens is 1. The molecule has 8 nitrogen and oxygen atoms in total. The lowest BCUT2D eigenvalue weighted by Gasteiger charge is -2.30. The number of nitrogens with one attached hydrogen (secondary N) is 3. The number of fused-ring (bicyclic) bond motifs is 1. The Kier molecular flexibility index (Phi) is 7.69. The van der Waals surface area contributed by atoms with Crippen molar-refractivity contribution >= 4 is 28.4 Å². The van der Waals surface area contributed by atoms with Gasteiger partial charge in [-0.1, -0.05) is 18.2 Å². The number of amides is 2. The third-order valence-corrected chi connectivity index (χ3v) is 6.38. The Morgan fingerprint density at radius 3 is 2.65 bits per heavy atom. The van der Waals surface area contributed by atoms with Crippen molar-refractivity contribution in [3.63, 3.8) is 0 Å². The molecule has 1 aliphatic rings.